The van der Waals surface area contributed by atoms with Crippen molar-refractivity contribution in [2.24, 2.45) is 16.7 Å². The molecule has 69 heavy (non-hydrogen) atoms. The molecule has 3 N–H and O–H groups in total. The molecule has 2 saturated carbocycles. The molecule has 1 aliphatic heterocycles. The molecule has 3 aliphatic carbocycles. The minimum absolute atomic E-state index is 0.0502. The normalized spacial score (nSPS) is 30.4. The summed E-state index contributed by atoms with van der Waals surface area (Å²) < 4.78 is 38.2. The van der Waals surface area contributed by atoms with Gasteiger partial charge in [0.25, 0.3) is 5.91 Å². The second-order valence-corrected chi connectivity index (χ2v) is 26.0. The van der Waals surface area contributed by atoms with Gasteiger partial charge in [-0.2, -0.15) is 0 Å². The van der Waals surface area contributed by atoms with E-state index in [2.05, 4.69) is 5.32 Å². The Labute approximate surface area is 404 Å². The number of benzene rings is 3. The molecule has 1 unspecified atom stereocenters. The number of esters is 4. The molecular weight excluding hydrogens is 903 g/mol. The van der Waals surface area contributed by atoms with Gasteiger partial charge >= 0.3 is 23.9 Å². The van der Waals surface area contributed by atoms with Crippen molar-refractivity contribution in [3.05, 3.63) is 119 Å². The highest BCUT2D eigenvalue weighted by Crippen LogP contribution is 2.64. The maximum atomic E-state index is 15.8. The minimum atomic E-state index is -2.93. The number of aliphatic hydroxyl groups is 2. The average molecular weight is 968 g/mol. The summed E-state index contributed by atoms with van der Waals surface area (Å²) in [5.41, 5.74) is -6.59. The van der Waals surface area contributed by atoms with Crippen molar-refractivity contribution in [2.75, 3.05) is 6.61 Å². The predicted octanol–water partition coefficient (Wildman–Crippen LogP) is 6.77. The molecule has 2 bridgehead atoms. The molecular formula is C53H65NO14Si. The molecule has 0 aromatic heterocycles. The Morgan fingerprint density at radius 1 is 0.826 bits per heavy atom. The second kappa shape index (κ2) is 18.7. The molecule has 4 aliphatic rings. The number of carbonyl (C=O) groups excluding carboxylic acids is 6. The van der Waals surface area contributed by atoms with Crippen molar-refractivity contribution in [3.8, 4) is 0 Å². The van der Waals surface area contributed by atoms with Gasteiger partial charge in [-0.15, -0.1) is 0 Å². The second-order valence-electron chi connectivity index (χ2n) is 21.2. The molecule has 15 nitrogen and oxygen atoms in total. The zero-order chi connectivity index (χ0) is 50.6. The Balaban J connectivity index is 1.44. The average Bonchev–Trinajstić information content (AvgIpc) is 3.28. The van der Waals surface area contributed by atoms with Crippen LogP contribution in [0, 0.1) is 16.7 Å². The predicted molar refractivity (Wildman–Crippen MR) is 254 cm³/mol. The molecule has 3 aromatic carbocycles. The number of carbonyl (C=O) groups is 6. The lowest BCUT2D eigenvalue weighted by molar-refractivity contribution is -0.346. The van der Waals surface area contributed by atoms with Crippen LogP contribution in [0.1, 0.15) is 107 Å². The molecule has 0 spiro atoms. The van der Waals surface area contributed by atoms with Gasteiger partial charge in [0.1, 0.15) is 23.9 Å². The summed E-state index contributed by atoms with van der Waals surface area (Å²) in [4.78, 5) is 86.2. The van der Waals surface area contributed by atoms with Crippen molar-refractivity contribution in [1.82, 2.24) is 5.32 Å². The van der Waals surface area contributed by atoms with Crippen LogP contribution < -0.4 is 5.32 Å². The summed E-state index contributed by atoms with van der Waals surface area (Å²) in [5.74, 6) is -6.32. The number of fused-ring (bicyclic) bond motifs is 5. The van der Waals surface area contributed by atoms with E-state index in [0.717, 1.165) is 6.92 Å². The Morgan fingerprint density at radius 2 is 1.39 bits per heavy atom. The molecule has 1 heterocycles. The van der Waals surface area contributed by atoms with Crippen LogP contribution in [0.2, 0.25) is 18.1 Å². The van der Waals surface area contributed by atoms with Crippen molar-refractivity contribution in [1.29, 1.82) is 0 Å². The Bertz CT molecular complexity index is 2510. The van der Waals surface area contributed by atoms with Gasteiger partial charge in [-0.05, 0) is 73.0 Å². The molecule has 370 valence electrons. The van der Waals surface area contributed by atoms with Gasteiger partial charge in [0.2, 0.25) is 0 Å². The number of amides is 1. The van der Waals surface area contributed by atoms with Crippen molar-refractivity contribution < 1.29 is 67.1 Å². The van der Waals surface area contributed by atoms with Gasteiger partial charge < -0.3 is 43.6 Å². The molecule has 1 saturated heterocycles. The Kier molecular flexibility index (Phi) is 13.9. The number of hydrogen-bond acceptors (Lipinski definition) is 14. The third kappa shape index (κ3) is 8.98. The minimum Gasteiger partial charge on any atom is -0.456 e. The first kappa shape index (κ1) is 51.3. The lowest BCUT2D eigenvalue weighted by Crippen LogP contribution is -2.82. The summed E-state index contributed by atoms with van der Waals surface area (Å²) >= 11 is 0. The van der Waals surface area contributed by atoms with Gasteiger partial charge in [-0.3, -0.25) is 19.2 Å². The van der Waals surface area contributed by atoms with Crippen LogP contribution in [-0.4, -0.2) is 109 Å². The molecule has 16 heteroatoms. The van der Waals surface area contributed by atoms with Crippen LogP contribution in [-0.2, 0) is 47.3 Å². The van der Waals surface area contributed by atoms with Crippen LogP contribution in [0.15, 0.2) is 102 Å². The van der Waals surface area contributed by atoms with E-state index in [1.54, 1.807) is 99.6 Å². The number of nitrogens with one attached hydrogen (secondary N) is 1. The smallest absolute Gasteiger partial charge is 0.338 e. The number of ketones is 1. The maximum Gasteiger partial charge on any atom is 0.338 e. The van der Waals surface area contributed by atoms with Crippen molar-refractivity contribution in [3.63, 3.8) is 0 Å². The fourth-order valence-corrected chi connectivity index (χ4v) is 12.0. The van der Waals surface area contributed by atoms with E-state index in [1.165, 1.54) is 26.0 Å². The SMILES string of the molecule is CC(=O)O[C@H]1C(=O)[C@@]2(C)[C@H]([C@H](OC(=O)c3ccccc3)[C@]3(O)C[C@H](OC(=O)C(O[Si](C)(C)C(C)(C)C)[C@@H](NC(=O)c4ccccc4)c4ccccc4)C(C)=C1C3(C)C)[C@]1(OC(C)=O)CO[C@@H]1C[C@@H]2O. The summed E-state index contributed by atoms with van der Waals surface area (Å²) in [6.07, 6.45) is -9.79. The molecule has 7 rings (SSSR count). The lowest BCUT2D eigenvalue weighted by atomic mass is 9.44. The zero-order valence-corrected chi connectivity index (χ0v) is 42.2. The number of ether oxygens (including phenoxy) is 5. The van der Waals surface area contributed by atoms with E-state index < -0.39 is 126 Å². The Morgan fingerprint density at radius 3 is 1.91 bits per heavy atom. The van der Waals surface area contributed by atoms with Crippen LogP contribution in [0.4, 0.5) is 0 Å². The highest BCUT2D eigenvalue weighted by atomic mass is 28.4. The number of aliphatic hydroxyl groups excluding tert-OH is 1. The molecule has 1 amide bonds. The van der Waals surface area contributed by atoms with Crippen LogP contribution in [0.5, 0.6) is 0 Å². The summed E-state index contributed by atoms with van der Waals surface area (Å²) in [5, 5.41) is 28.8. The topological polar surface area (TPSA) is 210 Å². The fourth-order valence-electron chi connectivity index (χ4n) is 10.8. The van der Waals surface area contributed by atoms with Gasteiger partial charge in [0, 0.05) is 37.7 Å². The van der Waals surface area contributed by atoms with E-state index in [4.69, 9.17) is 28.1 Å². The zero-order valence-electron chi connectivity index (χ0n) is 41.2. The highest BCUT2D eigenvalue weighted by molar-refractivity contribution is 6.74. The number of hydrogen-bond donors (Lipinski definition) is 3. The van der Waals surface area contributed by atoms with Crippen LogP contribution in [0.25, 0.3) is 0 Å². The third-order valence-corrected chi connectivity index (χ3v) is 20.1. The first-order valence-corrected chi connectivity index (χ1v) is 26.3. The summed E-state index contributed by atoms with van der Waals surface area (Å²) in [6.45, 7) is 18.2. The molecule has 11 atom stereocenters. The highest BCUT2D eigenvalue weighted by Gasteiger charge is 2.78. The third-order valence-electron chi connectivity index (χ3n) is 15.7. The first-order chi connectivity index (χ1) is 32.2. The van der Waals surface area contributed by atoms with E-state index in [0.29, 0.717) is 11.1 Å². The van der Waals surface area contributed by atoms with E-state index >= 15 is 9.59 Å². The van der Waals surface area contributed by atoms with E-state index in [1.807, 2.05) is 33.9 Å². The van der Waals surface area contributed by atoms with Gasteiger partial charge in [-0.25, -0.2) is 9.59 Å². The van der Waals surface area contributed by atoms with Gasteiger partial charge in [0.05, 0.1) is 35.6 Å². The first-order valence-electron chi connectivity index (χ1n) is 23.4. The largest absolute Gasteiger partial charge is 0.456 e. The molecule has 3 fully saturated rings. The van der Waals surface area contributed by atoms with Crippen molar-refractivity contribution >= 4 is 43.9 Å². The van der Waals surface area contributed by atoms with Gasteiger partial charge in [0.15, 0.2) is 31.9 Å². The number of Topliss-reactive ketones (excluding diaryl/α,β-unsaturated/α-hetero) is 1. The quantitative estimate of drug-likeness (QED) is 0.0741. The van der Waals surface area contributed by atoms with E-state index in [9.17, 15) is 29.4 Å². The van der Waals surface area contributed by atoms with Gasteiger partial charge in [-0.1, -0.05) is 101 Å². The van der Waals surface area contributed by atoms with Crippen molar-refractivity contribution in [2.45, 2.75) is 147 Å². The maximum absolute atomic E-state index is 15.8. The van der Waals surface area contributed by atoms with E-state index in [-0.39, 0.29) is 29.7 Å². The fraction of sp³-hybridized carbons (Fsp3) is 0.509. The van der Waals surface area contributed by atoms with Crippen LogP contribution in [0.3, 0.4) is 0 Å². The lowest BCUT2D eigenvalue weighted by Gasteiger charge is -2.67. The number of rotatable bonds is 12. The van der Waals surface area contributed by atoms with Crippen LogP contribution >= 0.6 is 0 Å². The summed E-state index contributed by atoms with van der Waals surface area (Å²) in [7, 11) is -2.93. The monoisotopic (exact) mass is 967 g/mol. The molecule has 0 radical (unpaired) electrons. The summed E-state index contributed by atoms with van der Waals surface area (Å²) in [6, 6.07) is 24.2. The molecule has 3 aromatic rings. The Hall–Kier alpha value is -5.52. The standard InChI is InChI=1S/C53H65NO14Si/c1-30-36(65-48(61)42(68-69(10,11)49(4,5)6)40(33-21-15-12-16-22-33)54-46(59)34-23-17-13-18-24-34)28-53(62)45(66-47(60)35-25-19-14-20-26-35)43-51(9,37(57)27-38-52(43,29-63-38)67-32(3)56)44(58)41(64-31(2)55)39(30)50(53,7)8/h12-26,36-38,40-43,45,57,62H,27-29H2,1-11H3,(H,54,59)/t36-,37-,38+,40-,41+,42?,43-,45-,51+,52-,53+/m0/s1.